The molecule has 1 aromatic carbocycles. The first kappa shape index (κ1) is 14.2. The van der Waals surface area contributed by atoms with E-state index in [1.807, 2.05) is 0 Å². The standard InChI is InChI=1S/C12H13NO4S/c1-2-3-4-8-13-18(16,17)11-7-5-6-10(9-11)12(14)15/h1,5-7,9,13H,3-4,8H2,(H,14,15). The summed E-state index contributed by atoms with van der Waals surface area (Å²) in [6, 6.07) is 5.18. The molecule has 96 valence electrons. The van der Waals surface area contributed by atoms with Gasteiger partial charge in [0.25, 0.3) is 0 Å². The van der Waals surface area contributed by atoms with Gasteiger partial charge in [-0.05, 0) is 24.6 Å². The van der Waals surface area contributed by atoms with Crippen LogP contribution in [-0.2, 0) is 10.0 Å². The lowest BCUT2D eigenvalue weighted by Gasteiger charge is -2.06. The average molecular weight is 267 g/mol. The monoisotopic (exact) mass is 267 g/mol. The van der Waals surface area contributed by atoms with Crippen molar-refractivity contribution in [3.8, 4) is 12.3 Å². The predicted octanol–water partition coefficient (Wildman–Crippen LogP) is 1.08. The Balaban J connectivity index is 2.82. The Morgan fingerprint density at radius 3 is 2.78 bits per heavy atom. The van der Waals surface area contributed by atoms with Crippen LogP contribution in [0.4, 0.5) is 0 Å². The molecule has 18 heavy (non-hydrogen) atoms. The van der Waals surface area contributed by atoms with Gasteiger partial charge in [0.05, 0.1) is 10.5 Å². The van der Waals surface area contributed by atoms with Crippen molar-refractivity contribution < 1.29 is 18.3 Å². The summed E-state index contributed by atoms with van der Waals surface area (Å²) >= 11 is 0. The van der Waals surface area contributed by atoms with Crippen molar-refractivity contribution in [2.45, 2.75) is 17.7 Å². The van der Waals surface area contributed by atoms with Crippen LogP contribution in [-0.4, -0.2) is 26.0 Å². The molecule has 0 spiro atoms. The van der Waals surface area contributed by atoms with E-state index in [0.717, 1.165) is 6.07 Å². The van der Waals surface area contributed by atoms with Gasteiger partial charge in [0.15, 0.2) is 0 Å². The molecule has 5 nitrogen and oxygen atoms in total. The van der Waals surface area contributed by atoms with Crippen LogP contribution in [0.25, 0.3) is 0 Å². The van der Waals surface area contributed by atoms with Crippen molar-refractivity contribution >= 4 is 16.0 Å². The molecule has 1 rings (SSSR count). The zero-order chi connectivity index (χ0) is 13.6. The van der Waals surface area contributed by atoms with E-state index in [2.05, 4.69) is 10.6 Å². The molecule has 6 heteroatoms. The van der Waals surface area contributed by atoms with E-state index >= 15 is 0 Å². The molecular formula is C12H13NO4S. The maximum Gasteiger partial charge on any atom is 0.335 e. The summed E-state index contributed by atoms with van der Waals surface area (Å²) in [6.45, 7) is 0.226. The van der Waals surface area contributed by atoms with E-state index in [9.17, 15) is 13.2 Å². The van der Waals surface area contributed by atoms with Crippen LogP contribution in [0.3, 0.4) is 0 Å². The Labute approximate surface area is 106 Å². The predicted molar refractivity (Wildman–Crippen MR) is 66.7 cm³/mol. The molecule has 0 heterocycles. The van der Waals surface area contributed by atoms with Crippen LogP contribution in [0.1, 0.15) is 23.2 Å². The number of benzene rings is 1. The molecule has 0 amide bonds. The molecule has 0 aromatic heterocycles. The lowest BCUT2D eigenvalue weighted by molar-refractivity contribution is 0.0696. The molecular weight excluding hydrogens is 254 g/mol. The molecule has 0 atom stereocenters. The van der Waals surface area contributed by atoms with Crippen LogP contribution in [0.15, 0.2) is 29.2 Å². The molecule has 0 bridgehead atoms. The summed E-state index contributed by atoms with van der Waals surface area (Å²) < 4.78 is 26.0. The second-order valence-corrected chi connectivity index (χ2v) is 5.31. The third kappa shape index (κ3) is 3.87. The molecule has 0 aliphatic carbocycles. The minimum absolute atomic E-state index is 0.0666. The van der Waals surface area contributed by atoms with E-state index in [-0.39, 0.29) is 17.0 Å². The number of carboxylic acids is 1. The largest absolute Gasteiger partial charge is 0.478 e. The van der Waals surface area contributed by atoms with Crippen LogP contribution in [0, 0.1) is 12.3 Å². The summed E-state index contributed by atoms with van der Waals surface area (Å²) in [7, 11) is -3.68. The fourth-order valence-electron chi connectivity index (χ4n) is 1.28. The molecule has 0 saturated carbocycles. The fraction of sp³-hybridized carbons (Fsp3) is 0.250. The number of terminal acetylenes is 1. The van der Waals surface area contributed by atoms with Crippen LogP contribution in [0.2, 0.25) is 0 Å². The van der Waals surface area contributed by atoms with Gasteiger partial charge in [0, 0.05) is 13.0 Å². The Kier molecular flexibility index (Phi) is 4.89. The van der Waals surface area contributed by atoms with Gasteiger partial charge in [0.2, 0.25) is 10.0 Å². The van der Waals surface area contributed by atoms with E-state index in [1.54, 1.807) is 0 Å². The quantitative estimate of drug-likeness (QED) is 0.596. The molecule has 2 N–H and O–H groups in total. The lowest BCUT2D eigenvalue weighted by Crippen LogP contribution is -2.25. The highest BCUT2D eigenvalue weighted by molar-refractivity contribution is 7.89. The third-order valence-corrected chi connectivity index (χ3v) is 3.64. The number of aromatic carboxylic acids is 1. The number of carbonyl (C=O) groups is 1. The highest BCUT2D eigenvalue weighted by Crippen LogP contribution is 2.11. The minimum atomic E-state index is -3.68. The Bertz CT molecular complexity index is 572. The number of sulfonamides is 1. The molecule has 0 aliphatic rings. The highest BCUT2D eigenvalue weighted by Gasteiger charge is 2.15. The first-order valence-corrected chi connectivity index (χ1v) is 6.72. The second-order valence-electron chi connectivity index (χ2n) is 3.54. The van der Waals surface area contributed by atoms with Crippen molar-refractivity contribution in [2.75, 3.05) is 6.54 Å². The van der Waals surface area contributed by atoms with Crippen LogP contribution >= 0.6 is 0 Å². The maximum atomic E-state index is 11.8. The third-order valence-electron chi connectivity index (χ3n) is 2.18. The van der Waals surface area contributed by atoms with E-state index < -0.39 is 16.0 Å². The molecule has 0 unspecified atom stereocenters. The Morgan fingerprint density at radius 2 is 2.17 bits per heavy atom. The molecule has 0 saturated heterocycles. The molecule has 0 radical (unpaired) electrons. The van der Waals surface area contributed by atoms with Crippen molar-refractivity contribution in [1.82, 2.24) is 4.72 Å². The van der Waals surface area contributed by atoms with Crippen molar-refractivity contribution in [1.29, 1.82) is 0 Å². The zero-order valence-electron chi connectivity index (χ0n) is 9.59. The SMILES string of the molecule is C#CCCCNS(=O)(=O)c1cccc(C(=O)O)c1. The van der Waals surface area contributed by atoms with Gasteiger partial charge in [-0.3, -0.25) is 0 Å². The molecule has 1 aromatic rings. The van der Waals surface area contributed by atoms with Gasteiger partial charge in [-0.1, -0.05) is 6.07 Å². The van der Waals surface area contributed by atoms with E-state index in [0.29, 0.717) is 12.8 Å². The second kappa shape index (κ2) is 6.19. The van der Waals surface area contributed by atoms with Gasteiger partial charge in [0.1, 0.15) is 0 Å². The molecule has 0 aliphatic heterocycles. The summed E-state index contributed by atoms with van der Waals surface area (Å²) in [5, 5.41) is 8.78. The number of unbranched alkanes of at least 4 members (excludes halogenated alkanes) is 1. The van der Waals surface area contributed by atoms with E-state index in [4.69, 9.17) is 11.5 Å². The van der Waals surface area contributed by atoms with Gasteiger partial charge < -0.3 is 5.11 Å². The zero-order valence-corrected chi connectivity index (χ0v) is 10.4. The van der Waals surface area contributed by atoms with Crippen molar-refractivity contribution in [2.24, 2.45) is 0 Å². The van der Waals surface area contributed by atoms with Crippen LogP contribution < -0.4 is 4.72 Å². The minimum Gasteiger partial charge on any atom is -0.478 e. The van der Waals surface area contributed by atoms with Gasteiger partial charge in [-0.2, -0.15) is 0 Å². The highest BCUT2D eigenvalue weighted by atomic mass is 32.2. The number of nitrogens with one attached hydrogen (secondary N) is 1. The summed E-state index contributed by atoms with van der Waals surface area (Å²) in [4.78, 5) is 10.7. The summed E-state index contributed by atoms with van der Waals surface area (Å²) in [5.74, 6) is 1.24. The summed E-state index contributed by atoms with van der Waals surface area (Å²) in [6.07, 6.45) is 6.07. The van der Waals surface area contributed by atoms with Crippen molar-refractivity contribution in [3.63, 3.8) is 0 Å². The number of carboxylic acid groups (broad SMARTS) is 1. The van der Waals surface area contributed by atoms with Crippen molar-refractivity contribution in [3.05, 3.63) is 29.8 Å². The Morgan fingerprint density at radius 1 is 1.44 bits per heavy atom. The fourth-order valence-corrected chi connectivity index (χ4v) is 2.40. The average Bonchev–Trinajstić information content (AvgIpc) is 2.35. The van der Waals surface area contributed by atoms with Gasteiger partial charge in [-0.25, -0.2) is 17.9 Å². The normalized spacial score (nSPS) is 10.8. The number of rotatable bonds is 6. The maximum absolute atomic E-state index is 11.8. The first-order valence-electron chi connectivity index (χ1n) is 5.24. The lowest BCUT2D eigenvalue weighted by atomic mass is 10.2. The molecule has 0 fully saturated rings. The Hall–Kier alpha value is -1.84. The topological polar surface area (TPSA) is 83.5 Å². The number of hydrogen-bond acceptors (Lipinski definition) is 3. The van der Waals surface area contributed by atoms with Gasteiger partial charge in [-0.15, -0.1) is 12.3 Å². The first-order chi connectivity index (χ1) is 8.47. The van der Waals surface area contributed by atoms with Gasteiger partial charge >= 0.3 is 5.97 Å². The number of hydrogen-bond donors (Lipinski definition) is 2. The smallest absolute Gasteiger partial charge is 0.335 e. The summed E-state index contributed by atoms with van der Waals surface area (Å²) in [5.41, 5.74) is -0.0681. The van der Waals surface area contributed by atoms with E-state index in [1.165, 1.54) is 18.2 Å². The van der Waals surface area contributed by atoms with Crippen LogP contribution in [0.5, 0.6) is 0 Å².